The molecule has 0 aromatic heterocycles. The van der Waals surface area contributed by atoms with E-state index in [2.05, 4.69) is 12.2 Å². The van der Waals surface area contributed by atoms with Crippen LogP contribution in [0.4, 0.5) is 9.59 Å². The maximum absolute atomic E-state index is 12.8. The van der Waals surface area contributed by atoms with Gasteiger partial charge in [0.05, 0.1) is 0 Å². The van der Waals surface area contributed by atoms with Crippen LogP contribution in [0.5, 0.6) is 0 Å². The highest BCUT2D eigenvalue weighted by Gasteiger charge is 2.31. The van der Waals surface area contributed by atoms with E-state index < -0.39 is 11.2 Å². The van der Waals surface area contributed by atoms with Crippen molar-refractivity contribution in [2.75, 3.05) is 26.2 Å². The highest BCUT2D eigenvalue weighted by Crippen LogP contribution is 2.24. The van der Waals surface area contributed by atoms with Crippen LogP contribution in [0.1, 0.15) is 93.4 Å². The van der Waals surface area contributed by atoms with Gasteiger partial charge in [-0.05, 0) is 93.0 Å². The van der Waals surface area contributed by atoms with Crippen molar-refractivity contribution in [3.63, 3.8) is 0 Å². The topological polar surface area (TPSA) is 71.1 Å². The largest absolute Gasteiger partial charge is 0.444 e. The van der Waals surface area contributed by atoms with Gasteiger partial charge in [0.1, 0.15) is 11.2 Å². The number of hydrogen-bond donors (Lipinski definition) is 1. The highest BCUT2D eigenvalue weighted by atomic mass is 16.6. The second-order valence-electron chi connectivity index (χ2n) is 11.6. The van der Waals surface area contributed by atoms with Crippen LogP contribution in [0.25, 0.3) is 0 Å². The molecule has 2 saturated heterocycles. The van der Waals surface area contributed by atoms with Gasteiger partial charge < -0.3 is 24.6 Å². The fourth-order valence-corrected chi connectivity index (χ4v) is 4.49. The van der Waals surface area contributed by atoms with Crippen molar-refractivity contribution < 1.29 is 19.1 Å². The second-order valence-corrected chi connectivity index (χ2v) is 11.6. The zero-order valence-corrected chi connectivity index (χ0v) is 21.5. The number of likely N-dealkylation sites (tertiary alicyclic amines) is 2. The van der Waals surface area contributed by atoms with Gasteiger partial charge in [-0.2, -0.15) is 0 Å². The molecular weight excluding hydrogens is 406 g/mol. The van der Waals surface area contributed by atoms with Crippen LogP contribution in [0.3, 0.4) is 0 Å². The van der Waals surface area contributed by atoms with Gasteiger partial charge in [0, 0.05) is 31.7 Å². The lowest BCUT2D eigenvalue weighted by atomic mass is 9.96. The quantitative estimate of drug-likeness (QED) is 0.621. The van der Waals surface area contributed by atoms with Gasteiger partial charge in [-0.15, -0.1) is 0 Å². The lowest BCUT2D eigenvalue weighted by Crippen LogP contribution is -2.47. The number of ether oxygens (including phenoxy) is 2. The maximum atomic E-state index is 12.8. The first-order valence-electron chi connectivity index (χ1n) is 12.5. The summed E-state index contributed by atoms with van der Waals surface area (Å²) in [5.41, 5.74) is -0.915. The Labute approximate surface area is 195 Å². The molecule has 0 spiro atoms. The molecule has 7 heteroatoms. The summed E-state index contributed by atoms with van der Waals surface area (Å²) in [4.78, 5) is 28.8. The second kappa shape index (κ2) is 11.6. The first kappa shape index (κ1) is 26.7. The Hall–Kier alpha value is -1.50. The Kier molecular flexibility index (Phi) is 9.68. The predicted octanol–water partition coefficient (Wildman–Crippen LogP) is 5.18. The van der Waals surface area contributed by atoms with Gasteiger partial charge in [0.2, 0.25) is 0 Å². The summed E-state index contributed by atoms with van der Waals surface area (Å²) in [5.74, 6) is 0.562. The van der Waals surface area contributed by atoms with Gasteiger partial charge in [0.15, 0.2) is 0 Å². The number of carbonyl (C=O) groups excluding carboxylic acids is 2. The lowest BCUT2D eigenvalue weighted by Gasteiger charge is -2.35. The third-order valence-electron chi connectivity index (χ3n) is 6.15. The Morgan fingerprint density at radius 2 is 1.47 bits per heavy atom. The molecule has 2 amide bonds. The number of hydrogen-bond acceptors (Lipinski definition) is 5. The molecule has 2 aliphatic rings. The van der Waals surface area contributed by atoms with E-state index >= 15 is 0 Å². The average Bonchev–Trinajstić information content (AvgIpc) is 2.89. The van der Waals surface area contributed by atoms with Gasteiger partial charge >= 0.3 is 12.2 Å². The minimum atomic E-state index is -0.466. The van der Waals surface area contributed by atoms with Gasteiger partial charge in [0.25, 0.3) is 0 Å². The maximum Gasteiger partial charge on any atom is 0.410 e. The summed E-state index contributed by atoms with van der Waals surface area (Å²) in [6.45, 7) is 17.0. The molecule has 0 radical (unpaired) electrons. The Morgan fingerprint density at radius 3 is 2.06 bits per heavy atom. The summed E-state index contributed by atoms with van der Waals surface area (Å²) in [5, 5.41) is 3.70. The molecule has 0 saturated carbocycles. The van der Waals surface area contributed by atoms with Gasteiger partial charge in [-0.1, -0.05) is 12.8 Å². The fraction of sp³-hybridized carbons (Fsp3) is 0.920. The molecule has 2 atom stereocenters. The van der Waals surface area contributed by atoms with E-state index in [1.54, 1.807) is 0 Å². The predicted molar refractivity (Wildman–Crippen MR) is 128 cm³/mol. The minimum absolute atomic E-state index is 0.175. The summed E-state index contributed by atoms with van der Waals surface area (Å²) < 4.78 is 11.2. The fourth-order valence-electron chi connectivity index (χ4n) is 4.49. The van der Waals surface area contributed by atoms with E-state index in [1.807, 2.05) is 51.3 Å². The molecule has 186 valence electrons. The lowest BCUT2D eigenvalue weighted by molar-refractivity contribution is 0.0140. The van der Waals surface area contributed by atoms with Crippen molar-refractivity contribution in [2.45, 2.75) is 117 Å². The molecule has 2 aliphatic heterocycles. The number of carbonyl (C=O) groups is 2. The Balaban J connectivity index is 1.78. The van der Waals surface area contributed by atoms with E-state index in [1.165, 1.54) is 12.8 Å². The van der Waals surface area contributed by atoms with Crippen molar-refractivity contribution >= 4 is 12.2 Å². The van der Waals surface area contributed by atoms with Crippen LogP contribution in [-0.4, -0.2) is 71.5 Å². The molecule has 7 nitrogen and oxygen atoms in total. The average molecular weight is 454 g/mol. The van der Waals surface area contributed by atoms with Crippen LogP contribution in [0.2, 0.25) is 0 Å². The molecule has 0 aliphatic carbocycles. The number of amides is 2. The molecule has 2 fully saturated rings. The van der Waals surface area contributed by atoms with Crippen molar-refractivity contribution in [3.05, 3.63) is 0 Å². The number of piperidine rings is 1. The first-order valence-corrected chi connectivity index (χ1v) is 12.5. The molecule has 0 aromatic rings. The Morgan fingerprint density at radius 1 is 0.875 bits per heavy atom. The third-order valence-corrected chi connectivity index (χ3v) is 6.15. The first-order chi connectivity index (χ1) is 14.8. The van der Waals surface area contributed by atoms with Crippen LogP contribution in [-0.2, 0) is 9.47 Å². The summed E-state index contributed by atoms with van der Waals surface area (Å²) >= 11 is 0. The van der Waals surface area contributed by atoms with Gasteiger partial charge in [-0.3, -0.25) is 0 Å². The van der Waals surface area contributed by atoms with Crippen LogP contribution >= 0.6 is 0 Å². The summed E-state index contributed by atoms with van der Waals surface area (Å²) in [6, 6.07) is 0.552. The smallest absolute Gasteiger partial charge is 0.410 e. The minimum Gasteiger partial charge on any atom is -0.444 e. The van der Waals surface area contributed by atoms with Crippen molar-refractivity contribution in [2.24, 2.45) is 5.92 Å². The summed E-state index contributed by atoms with van der Waals surface area (Å²) in [6.07, 6.45) is 6.98. The van der Waals surface area contributed by atoms with Crippen molar-refractivity contribution in [1.82, 2.24) is 15.1 Å². The number of rotatable bonds is 5. The summed E-state index contributed by atoms with van der Waals surface area (Å²) in [7, 11) is 0. The molecule has 2 unspecified atom stereocenters. The highest BCUT2D eigenvalue weighted by molar-refractivity contribution is 5.68. The molecule has 2 heterocycles. The van der Waals surface area contributed by atoms with E-state index in [4.69, 9.17) is 9.47 Å². The zero-order valence-electron chi connectivity index (χ0n) is 21.5. The molecule has 1 N–H and O–H groups in total. The van der Waals surface area contributed by atoms with Crippen molar-refractivity contribution in [3.8, 4) is 0 Å². The normalized spacial score (nSPS) is 22.3. The number of nitrogens with zero attached hydrogens (tertiary/aromatic N) is 2. The Bertz CT molecular complexity index is 603. The SMILES string of the molecule is CC(CC1CCCCCN1C(=O)OC(C)(C)C)NCC1CCN(C(=O)OC(C)(C)C)CC1. The monoisotopic (exact) mass is 453 g/mol. The zero-order chi connectivity index (χ0) is 23.9. The van der Waals surface area contributed by atoms with E-state index in [0.717, 1.165) is 58.3 Å². The van der Waals surface area contributed by atoms with E-state index in [9.17, 15) is 9.59 Å². The van der Waals surface area contributed by atoms with Gasteiger partial charge in [-0.25, -0.2) is 9.59 Å². The molecular formula is C25H47N3O4. The molecule has 0 aromatic carbocycles. The van der Waals surface area contributed by atoms with E-state index in [-0.39, 0.29) is 18.2 Å². The van der Waals surface area contributed by atoms with Crippen LogP contribution in [0.15, 0.2) is 0 Å². The molecule has 0 bridgehead atoms. The number of nitrogens with one attached hydrogen (secondary N) is 1. The van der Waals surface area contributed by atoms with Crippen LogP contribution in [0, 0.1) is 5.92 Å². The van der Waals surface area contributed by atoms with E-state index in [0.29, 0.717) is 12.0 Å². The molecule has 32 heavy (non-hydrogen) atoms. The van der Waals surface area contributed by atoms with Crippen LogP contribution < -0.4 is 5.32 Å². The standard InChI is InChI=1S/C25H47N3O4/c1-19(17-21-11-9-8-10-14-28(21)23(30)32-25(5,6)7)26-18-20-12-15-27(16-13-20)22(29)31-24(2,3)4/h19-21,26H,8-18H2,1-7H3. The van der Waals surface area contributed by atoms with Crippen molar-refractivity contribution in [1.29, 1.82) is 0 Å². The third kappa shape index (κ3) is 9.55. The molecule has 2 rings (SSSR count).